The number of rotatable bonds is 7. The average molecular weight is 308 g/mol. The normalized spacial score (nSPS) is 11.2. The van der Waals surface area contributed by atoms with E-state index >= 15 is 0 Å². The first-order chi connectivity index (χ1) is 10.5. The van der Waals surface area contributed by atoms with Crippen LogP contribution in [0.3, 0.4) is 0 Å². The van der Waals surface area contributed by atoms with Crippen LogP contribution in [0.2, 0.25) is 0 Å². The second-order valence-electron chi connectivity index (χ2n) is 4.44. The summed E-state index contributed by atoms with van der Waals surface area (Å²) in [5.41, 5.74) is 0.832. The average Bonchev–Trinajstić information content (AvgIpc) is 2.56. The lowest BCUT2D eigenvalue weighted by Gasteiger charge is -2.19. The maximum absolute atomic E-state index is 12.1. The summed E-state index contributed by atoms with van der Waals surface area (Å²) in [6.45, 7) is 1.61. The van der Waals surface area contributed by atoms with E-state index in [-0.39, 0.29) is 12.5 Å². The number of amides is 1. The Morgan fingerprint density at radius 3 is 2.41 bits per heavy atom. The minimum Gasteiger partial charge on any atom is -0.468 e. The van der Waals surface area contributed by atoms with Gasteiger partial charge in [0.25, 0.3) is 0 Å². The standard InChI is InChI=1S/C15H20N2O5/c1-4-11(14(19)16-9-13(18)21-2)17-12-8-6-5-7-10(12)15(20)22-3/h5-8,11,17H,4,9H2,1-3H3,(H,16,19). The molecular weight excluding hydrogens is 288 g/mol. The summed E-state index contributed by atoms with van der Waals surface area (Å²) in [6, 6.07) is 6.15. The largest absolute Gasteiger partial charge is 0.468 e. The first-order valence-corrected chi connectivity index (χ1v) is 6.81. The number of nitrogens with one attached hydrogen (secondary N) is 2. The smallest absolute Gasteiger partial charge is 0.339 e. The highest BCUT2D eigenvalue weighted by atomic mass is 16.5. The Morgan fingerprint density at radius 1 is 1.14 bits per heavy atom. The summed E-state index contributed by atoms with van der Waals surface area (Å²) >= 11 is 0. The predicted octanol–water partition coefficient (Wildman–Crippen LogP) is 0.953. The summed E-state index contributed by atoms with van der Waals surface area (Å²) in [7, 11) is 2.54. The van der Waals surface area contributed by atoms with Gasteiger partial charge in [0.05, 0.1) is 19.8 Å². The van der Waals surface area contributed by atoms with E-state index in [1.807, 2.05) is 6.92 Å². The molecule has 22 heavy (non-hydrogen) atoms. The monoisotopic (exact) mass is 308 g/mol. The van der Waals surface area contributed by atoms with Crippen molar-refractivity contribution in [1.82, 2.24) is 5.32 Å². The number of carbonyl (C=O) groups excluding carboxylic acids is 3. The third-order valence-corrected chi connectivity index (χ3v) is 3.02. The van der Waals surface area contributed by atoms with Gasteiger partial charge >= 0.3 is 11.9 Å². The van der Waals surface area contributed by atoms with Crippen LogP contribution in [0.25, 0.3) is 0 Å². The molecule has 7 nitrogen and oxygen atoms in total. The molecule has 0 saturated heterocycles. The number of anilines is 1. The van der Waals surface area contributed by atoms with Gasteiger partial charge < -0.3 is 20.1 Å². The number of ether oxygens (including phenoxy) is 2. The Hall–Kier alpha value is -2.57. The number of benzene rings is 1. The van der Waals surface area contributed by atoms with Crippen LogP contribution in [0.5, 0.6) is 0 Å². The number of para-hydroxylation sites is 1. The molecule has 0 spiro atoms. The van der Waals surface area contributed by atoms with Gasteiger partial charge in [-0.3, -0.25) is 9.59 Å². The molecule has 1 rings (SSSR count). The quantitative estimate of drug-likeness (QED) is 0.729. The number of hydrogen-bond acceptors (Lipinski definition) is 6. The molecule has 0 heterocycles. The molecule has 120 valence electrons. The van der Waals surface area contributed by atoms with Gasteiger partial charge in [0.1, 0.15) is 12.6 Å². The second kappa shape index (κ2) is 8.66. The SMILES string of the molecule is CCC(Nc1ccccc1C(=O)OC)C(=O)NCC(=O)OC. The van der Waals surface area contributed by atoms with Crippen molar-refractivity contribution in [2.45, 2.75) is 19.4 Å². The van der Waals surface area contributed by atoms with Crippen LogP contribution in [-0.4, -0.2) is 44.7 Å². The molecule has 1 atom stereocenters. The Balaban J connectivity index is 2.80. The fourth-order valence-corrected chi connectivity index (χ4v) is 1.79. The predicted molar refractivity (Wildman–Crippen MR) is 80.5 cm³/mol. The highest BCUT2D eigenvalue weighted by Crippen LogP contribution is 2.17. The third-order valence-electron chi connectivity index (χ3n) is 3.02. The number of carbonyl (C=O) groups is 3. The van der Waals surface area contributed by atoms with Gasteiger partial charge in [0.15, 0.2) is 0 Å². The van der Waals surface area contributed by atoms with Crippen molar-refractivity contribution < 1.29 is 23.9 Å². The summed E-state index contributed by atoms with van der Waals surface area (Å²) < 4.78 is 9.17. The Morgan fingerprint density at radius 2 is 1.82 bits per heavy atom. The van der Waals surface area contributed by atoms with E-state index in [0.717, 1.165) is 0 Å². The Kier molecular flexibility index (Phi) is 6.88. The van der Waals surface area contributed by atoms with Crippen molar-refractivity contribution in [3.05, 3.63) is 29.8 Å². The molecule has 0 saturated carbocycles. The Labute approximate surface area is 129 Å². The highest BCUT2D eigenvalue weighted by Gasteiger charge is 2.20. The van der Waals surface area contributed by atoms with E-state index in [4.69, 9.17) is 4.74 Å². The van der Waals surface area contributed by atoms with Crippen LogP contribution in [0.4, 0.5) is 5.69 Å². The van der Waals surface area contributed by atoms with Crippen molar-refractivity contribution >= 4 is 23.5 Å². The minimum absolute atomic E-state index is 0.202. The number of esters is 2. The molecule has 0 aliphatic heterocycles. The molecular formula is C15H20N2O5. The molecule has 0 fully saturated rings. The van der Waals surface area contributed by atoms with Crippen LogP contribution in [0.15, 0.2) is 24.3 Å². The van der Waals surface area contributed by atoms with Crippen molar-refractivity contribution in [2.24, 2.45) is 0 Å². The lowest BCUT2D eigenvalue weighted by molar-refractivity contribution is -0.141. The van der Waals surface area contributed by atoms with Crippen molar-refractivity contribution in [1.29, 1.82) is 0 Å². The van der Waals surface area contributed by atoms with E-state index < -0.39 is 18.0 Å². The van der Waals surface area contributed by atoms with Gasteiger partial charge in [0, 0.05) is 5.69 Å². The maximum atomic E-state index is 12.1. The molecule has 0 aliphatic rings. The molecule has 1 unspecified atom stereocenters. The lowest BCUT2D eigenvalue weighted by Crippen LogP contribution is -2.41. The zero-order valence-corrected chi connectivity index (χ0v) is 12.8. The summed E-state index contributed by atoms with van der Waals surface area (Å²) in [5.74, 6) is -1.38. The lowest BCUT2D eigenvalue weighted by atomic mass is 10.1. The topological polar surface area (TPSA) is 93.7 Å². The number of methoxy groups -OCH3 is 2. The van der Waals surface area contributed by atoms with E-state index in [9.17, 15) is 14.4 Å². The van der Waals surface area contributed by atoms with Gasteiger partial charge in [-0.15, -0.1) is 0 Å². The van der Waals surface area contributed by atoms with Crippen LogP contribution in [-0.2, 0) is 19.1 Å². The van der Waals surface area contributed by atoms with Crippen molar-refractivity contribution in [3.8, 4) is 0 Å². The fourth-order valence-electron chi connectivity index (χ4n) is 1.79. The summed E-state index contributed by atoms with van der Waals surface area (Å²) in [4.78, 5) is 34.8. The first kappa shape index (κ1) is 17.5. The van der Waals surface area contributed by atoms with Gasteiger partial charge in [-0.1, -0.05) is 19.1 Å². The highest BCUT2D eigenvalue weighted by molar-refractivity contribution is 5.97. The van der Waals surface area contributed by atoms with E-state index in [2.05, 4.69) is 15.4 Å². The molecule has 1 aromatic rings. The van der Waals surface area contributed by atoms with Crippen LogP contribution in [0.1, 0.15) is 23.7 Å². The zero-order chi connectivity index (χ0) is 16.5. The second-order valence-corrected chi connectivity index (χ2v) is 4.44. The van der Waals surface area contributed by atoms with Crippen molar-refractivity contribution in [2.75, 3.05) is 26.1 Å². The van der Waals surface area contributed by atoms with Gasteiger partial charge in [0.2, 0.25) is 5.91 Å². The van der Waals surface area contributed by atoms with Crippen LogP contribution >= 0.6 is 0 Å². The molecule has 1 amide bonds. The molecule has 0 aliphatic carbocycles. The summed E-state index contributed by atoms with van der Waals surface area (Å²) in [6.07, 6.45) is 0.475. The molecule has 0 radical (unpaired) electrons. The maximum Gasteiger partial charge on any atom is 0.339 e. The van der Waals surface area contributed by atoms with Gasteiger partial charge in [-0.25, -0.2) is 4.79 Å². The van der Waals surface area contributed by atoms with Gasteiger partial charge in [-0.2, -0.15) is 0 Å². The fraction of sp³-hybridized carbons (Fsp3) is 0.400. The van der Waals surface area contributed by atoms with E-state index in [1.54, 1.807) is 24.3 Å². The molecule has 1 aromatic carbocycles. The minimum atomic E-state index is -0.588. The van der Waals surface area contributed by atoms with Crippen molar-refractivity contribution in [3.63, 3.8) is 0 Å². The molecule has 7 heteroatoms. The van der Waals surface area contributed by atoms with Crippen LogP contribution in [0, 0.1) is 0 Å². The first-order valence-electron chi connectivity index (χ1n) is 6.81. The molecule has 0 bridgehead atoms. The third kappa shape index (κ3) is 4.76. The van der Waals surface area contributed by atoms with E-state index in [0.29, 0.717) is 17.7 Å². The molecule has 0 aromatic heterocycles. The van der Waals surface area contributed by atoms with E-state index in [1.165, 1.54) is 14.2 Å². The summed E-state index contributed by atoms with van der Waals surface area (Å²) in [5, 5.41) is 5.46. The zero-order valence-electron chi connectivity index (χ0n) is 12.8. The molecule has 2 N–H and O–H groups in total. The number of hydrogen-bond donors (Lipinski definition) is 2. The van der Waals surface area contributed by atoms with Crippen LogP contribution < -0.4 is 10.6 Å². The Bertz CT molecular complexity index is 544. The van der Waals surface area contributed by atoms with Gasteiger partial charge in [-0.05, 0) is 18.6 Å².